The number of benzene rings is 1. The van der Waals surface area contributed by atoms with Gasteiger partial charge in [0.15, 0.2) is 0 Å². The predicted molar refractivity (Wildman–Crippen MR) is 53.6 cm³/mol. The fourth-order valence-corrected chi connectivity index (χ4v) is 2.40. The Morgan fingerprint density at radius 1 is 1.27 bits per heavy atom. The van der Waals surface area contributed by atoms with E-state index in [2.05, 4.69) is 35.9 Å². The summed E-state index contributed by atoms with van der Waals surface area (Å²) in [6, 6.07) is 8.74. The molecule has 0 aliphatic carbocycles. The first kappa shape index (κ1) is 7.19. The van der Waals surface area contributed by atoms with E-state index < -0.39 is 0 Å². The van der Waals surface area contributed by atoms with Crippen molar-refractivity contribution < 1.29 is 0 Å². The third kappa shape index (κ3) is 1.28. The molecule has 1 heterocycles. The van der Waals surface area contributed by atoms with E-state index in [9.17, 15) is 0 Å². The number of rotatable bonds is 1. The van der Waals surface area contributed by atoms with Gasteiger partial charge in [-0.3, -0.25) is 0 Å². The second-order valence-corrected chi connectivity index (χ2v) is 4.15. The van der Waals surface area contributed by atoms with E-state index in [1.807, 2.05) is 0 Å². The average molecular weight is 180 g/mol. The third-order valence-corrected chi connectivity index (χ3v) is 3.27. The molecular formula is C9H8S2. The van der Waals surface area contributed by atoms with Crippen molar-refractivity contribution in [2.75, 3.05) is 6.26 Å². The summed E-state index contributed by atoms with van der Waals surface area (Å²) in [5, 5.41) is 3.49. The van der Waals surface area contributed by atoms with Gasteiger partial charge in [0.2, 0.25) is 0 Å². The SMILES string of the molecule is CSc1ccc2ccsc2c1. The summed E-state index contributed by atoms with van der Waals surface area (Å²) in [6.45, 7) is 0. The largest absolute Gasteiger partial charge is 0.144 e. The molecule has 0 spiro atoms. The van der Waals surface area contributed by atoms with Gasteiger partial charge < -0.3 is 0 Å². The van der Waals surface area contributed by atoms with Crippen LogP contribution >= 0.6 is 23.1 Å². The number of thioether (sulfide) groups is 1. The van der Waals surface area contributed by atoms with Crippen molar-refractivity contribution in [2.45, 2.75) is 4.90 Å². The highest BCUT2D eigenvalue weighted by molar-refractivity contribution is 7.98. The highest BCUT2D eigenvalue weighted by atomic mass is 32.2. The lowest BCUT2D eigenvalue weighted by atomic mass is 10.3. The molecule has 2 heteroatoms. The second-order valence-electron chi connectivity index (χ2n) is 2.32. The summed E-state index contributed by atoms with van der Waals surface area (Å²) >= 11 is 3.60. The molecular weight excluding hydrogens is 172 g/mol. The summed E-state index contributed by atoms with van der Waals surface area (Å²) < 4.78 is 1.39. The zero-order chi connectivity index (χ0) is 7.68. The minimum atomic E-state index is 1.35. The van der Waals surface area contributed by atoms with Gasteiger partial charge in [-0.15, -0.1) is 23.1 Å². The molecule has 1 aromatic carbocycles. The lowest BCUT2D eigenvalue weighted by molar-refractivity contribution is 1.53. The minimum absolute atomic E-state index is 1.35. The monoisotopic (exact) mass is 180 g/mol. The Balaban J connectivity index is 2.67. The fraction of sp³-hybridized carbons (Fsp3) is 0.111. The van der Waals surface area contributed by atoms with E-state index >= 15 is 0 Å². The van der Waals surface area contributed by atoms with E-state index in [4.69, 9.17) is 0 Å². The molecule has 0 atom stereocenters. The van der Waals surface area contributed by atoms with Crippen molar-refractivity contribution in [3.8, 4) is 0 Å². The van der Waals surface area contributed by atoms with E-state index in [-0.39, 0.29) is 0 Å². The van der Waals surface area contributed by atoms with E-state index in [0.717, 1.165) is 0 Å². The van der Waals surface area contributed by atoms with Gasteiger partial charge >= 0.3 is 0 Å². The van der Waals surface area contributed by atoms with Crippen LogP contribution in [0.3, 0.4) is 0 Å². The molecule has 56 valence electrons. The molecule has 0 unspecified atom stereocenters. The van der Waals surface area contributed by atoms with E-state index in [0.29, 0.717) is 0 Å². The third-order valence-electron chi connectivity index (χ3n) is 1.66. The van der Waals surface area contributed by atoms with Gasteiger partial charge in [0, 0.05) is 9.60 Å². The van der Waals surface area contributed by atoms with Crippen LogP contribution in [0.1, 0.15) is 0 Å². The zero-order valence-corrected chi connectivity index (χ0v) is 7.84. The highest BCUT2D eigenvalue weighted by Gasteiger charge is 1.94. The fourth-order valence-electron chi connectivity index (χ4n) is 1.06. The molecule has 2 aromatic rings. The Morgan fingerprint density at radius 2 is 2.18 bits per heavy atom. The molecule has 0 radical (unpaired) electrons. The molecule has 0 bridgehead atoms. The molecule has 0 nitrogen and oxygen atoms in total. The quantitative estimate of drug-likeness (QED) is 0.604. The Morgan fingerprint density at radius 3 is 3.00 bits per heavy atom. The van der Waals surface area contributed by atoms with Crippen LogP contribution in [-0.2, 0) is 0 Å². The van der Waals surface area contributed by atoms with E-state index in [1.165, 1.54) is 15.0 Å². The summed E-state index contributed by atoms with van der Waals surface area (Å²) in [5.74, 6) is 0. The Labute approximate surface area is 74.2 Å². The average Bonchev–Trinajstić information content (AvgIpc) is 2.50. The molecule has 0 aliphatic heterocycles. The van der Waals surface area contributed by atoms with E-state index in [1.54, 1.807) is 23.1 Å². The lowest BCUT2D eigenvalue weighted by Crippen LogP contribution is -1.66. The molecule has 2 rings (SSSR count). The topological polar surface area (TPSA) is 0 Å². The maximum absolute atomic E-state index is 2.24. The summed E-state index contributed by atoms with van der Waals surface area (Å²) in [5.41, 5.74) is 0. The molecule has 11 heavy (non-hydrogen) atoms. The van der Waals surface area contributed by atoms with Crippen LogP contribution in [0.25, 0.3) is 10.1 Å². The summed E-state index contributed by atoms with van der Waals surface area (Å²) in [4.78, 5) is 1.35. The zero-order valence-electron chi connectivity index (χ0n) is 6.20. The van der Waals surface area contributed by atoms with Crippen molar-refractivity contribution in [3.63, 3.8) is 0 Å². The maximum atomic E-state index is 2.24. The van der Waals surface area contributed by atoms with Crippen molar-refractivity contribution in [2.24, 2.45) is 0 Å². The Kier molecular flexibility index (Phi) is 1.88. The number of fused-ring (bicyclic) bond motifs is 1. The highest BCUT2D eigenvalue weighted by Crippen LogP contribution is 2.25. The van der Waals surface area contributed by atoms with Gasteiger partial charge in [-0.05, 0) is 35.2 Å². The Hall–Kier alpha value is -0.470. The number of hydrogen-bond donors (Lipinski definition) is 0. The van der Waals surface area contributed by atoms with Crippen LogP contribution in [0, 0.1) is 0 Å². The summed E-state index contributed by atoms with van der Waals surface area (Å²) in [7, 11) is 0. The minimum Gasteiger partial charge on any atom is -0.144 e. The molecule has 0 saturated carbocycles. The van der Waals surface area contributed by atoms with Gasteiger partial charge in [0.25, 0.3) is 0 Å². The van der Waals surface area contributed by atoms with Crippen LogP contribution in [-0.4, -0.2) is 6.26 Å². The molecule has 1 aromatic heterocycles. The lowest BCUT2D eigenvalue weighted by Gasteiger charge is -1.94. The molecule has 0 aliphatic rings. The van der Waals surface area contributed by atoms with Crippen LogP contribution in [0.5, 0.6) is 0 Å². The Bertz CT molecular complexity index is 362. The predicted octanol–water partition coefficient (Wildman–Crippen LogP) is 3.62. The number of hydrogen-bond acceptors (Lipinski definition) is 2. The van der Waals surface area contributed by atoms with Gasteiger partial charge in [-0.1, -0.05) is 6.07 Å². The van der Waals surface area contributed by atoms with Gasteiger partial charge in [-0.2, -0.15) is 0 Å². The second kappa shape index (κ2) is 2.88. The number of thiophene rings is 1. The van der Waals surface area contributed by atoms with Crippen LogP contribution in [0.15, 0.2) is 34.5 Å². The van der Waals surface area contributed by atoms with Crippen molar-refractivity contribution in [1.29, 1.82) is 0 Å². The standard InChI is InChI=1S/C9H8S2/c1-10-8-3-2-7-4-5-11-9(7)6-8/h2-6H,1H3. The summed E-state index contributed by atoms with van der Waals surface area (Å²) in [6.07, 6.45) is 2.11. The van der Waals surface area contributed by atoms with Gasteiger partial charge in [0.05, 0.1) is 0 Å². The van der Waals surface area contributed by atoms with Crippen LogP contribution in [0.4, 0.5) is 0 Å². The molecule has 0 saturated heterocycles. The maximum Gasteiger partial charge on any atom is 0.0353 e. The van der Waals surface area contributed by atoms with Gasteiger partial charge in [-0.25, -0.2) is 0 Å². The first-order valence-electron chi connectivity index (χ1n) is 3.41. The van der Waals surface area contributed by atoms with Crippen LogP contribution in [0.2, 0.25) is 0 Å². The normalized spacial score (nSPS) is 10.6. The first-order chi connectivity index (χ1) is 5.40. The molecule has 0 amide bonds. The van der Waals surface area contributed by atoms with Crippen molar-refractivity contribution in [3.05, 3.63) is 29.6 Å². The van der Waals surface area contributed by atoms with Crippen LogP contribution < -0.4 is 0 Å². The first-order valence-corrected chi connectivity index (χ1v) is 5.52. The van der Waals surface area contributed by atoms with Crippen molar-refractivity contribution >= 4 is 33.2 Å². The molecule has 0 fully saturated rings. The molecule has 0 N–H and O–H groups in total. The smallest absolute Gasteiger partial charge is 0.0353 e. The van der Waals surface area contributed by atoms with Gasteiger partial charge in [0.1, 0.15) is 0 Å². The van der Waals surface area contributed by atoms with Crippen molar-refractivity contribution in [1.82, 2.24) is 0 Å².